The van der Waals surface area contributed by atoms with Gasteiger partial charge in [-0.1, -0.05) is 13.8 Å². The summed E-state index contributed by atoms with van der Waals surface area (Å²) in [5.74, 6) is 0.504. The van der Waals surface area contributed by atoms with E-state index < -0.39 is 10.0 Å². The maximum atomic E-state index is 12.6. The van der Waals surface area contributed by atoms with Crippen molar-refractivity contribution in [2.45, 2.75) is 45.1 Å². The van der Waals surface area contributed by atoms with Crippen LogP contribution < -0.4 is 4.72 Å². The average Bonchev–Trinajstić information content (AvgIpc) is 2.84. The largest absolute Gasteiger partial charge is 0.379 e. The molecular formula is C15H28N4O3S. The highest BCUT2D eigenvalue weighted by Gasteiger charge is 2.26. The summed E-state index contributed by atoms with van der Waals surface area (Å²) in [7, 11) is -3.55. The summed E-state index contributed by atoms with van der Waals surface area (Å²) in [4.78, 5) is 2.59. The van der Waals surface area contributed by atoms with Crippen molar-refractivity contribution in [3.63, 3.8) is 0 Å². The van der Waals surface area contributed by atoms with E-state index in [0.717, 1.165) is 19.5 Å². The van der Waals surface area contributed by atoms with Crippen LogP contribution in [0.25, 0.3) is 0 Å². The van der Waals surface area contributed by atoms with Gasteiger partial charge in [-0.25, -0.2) is 13.1 Å². The predicted octanol–water partition coefficient (Wildman–Crippen LogP) is 1.05. The Kier molecular flexibility index (Phi) is 6.19. The molecule has 1 unspecified atom stereocenters. The standard InChI is InChI=1S/C15H28N4O3S/c1-11(2)9-14(19-5-7-22-8-6-19)10-16-23(20,21)15-12(3)17-18-13(15)4/h11,14,16H,5-10H2,1-4H3,(H,17,18). The number of hydrogen-bond donors (Lipinski definition) is 2. The zero-order chi connectivity index (χ0) is 17.0. The van der Waals surface area contributed by atoms with Gasteiger partial charge in [-0.15, -0.1) is 0 Å². The molecular weight excluding hydrogens is 316 g/mol. The van der Waals surface area contributed by atoms with E-state index in [9.17, 15) is 8.42 Å². The number of aryl methyl sites for hydroxylation is 2. The second-order valence-electron chi connectivity index (χ2n) is 6.55. The number of aromatic nitrogens is 2. The minimum Gasteiger partial charge on any atom is -0.379 e. The molecule has 8 heteroatoms. The smallest absolute Gasteiger partial charge is 0.244 e. The summed E-state index contributed by atoms with van der Waals surface area (Å²) < 4.78 is 33.4. The first kappa shape index (κ1) is 18.4. The molecule has 7 nitrogen and oxygen atoms in total. The lowest BCUT2D eigenvalue weighted by Gasteiger charge is -2.35. The van der Waals surface area contributed by atoms with E-state index in [1.165, 1.54) is 0 Å². The minimum atomic E-state index is -3.55. The third-order valence-electron chi connectivity index (χ3n) is 4.14. The highest BCUT2D eigenvalue weighted by molar-refractivity contribution is 7.89. The zero-order valence-corrected chi connectivity index (χ0v) is 15.2. The first-order chi connectivity index (χ1) is 10.8. The number of H-pyrrole nitrogens is 1. The Morgan fingerprint density at radius 3 is 2.48 bits per heavy atom. The van der Waals surface area contributed by atoms with Gasteiger partial charge in [0.25, 0.3) is 0 Å². The van der Waals surface area contributed by atoms with Gasteiger partial charge in [0.1, 0.15) is 4.90 Å². The van der Waals surface area contributed by atoms with Crippen molar-refractivity contribution >= 4 is 10.0 Å². The molecule has 23 heavy (non-hydrogen) atoms. The maximum Gasteiger partial charge on any atom is 0.244 e. The molecule has 2 N–H and O–H groups in total. The Balaban J connectivity index is 2.07. The molecule has 1 saturated heterocycles. The first-order valence-electron chi connectivity index (χ1n) is 8.14. The molecule has 0 spiro atoms. The molecule has 0 radical (unpaired) electrons. The minimum absolute atomic E-state index is 0.182. The van der Waals surface area contributed by atoms with Gasteiger partial charge in [0, 0.05) is 25.7 Å². The third-order valence-corrected chi connectivity index (χ3v) is 5.83. The van der Waals surface area contributed by atoms with Gasteiger partial charge in [0.05, 0.1) is 24.6 Å². The van der Waals surface area contributed by atoms with Crippen LogP contribution in [0, 0.1) is 19.8 Å². The van der Waals surface area contributed by atoms with Gasteiger partial charge in [0.2, 0.25) is 10.0 Å². The second kappa shape index (κ2) is 7.74. The summed E-state index contributed by atoms with van der Waals surface area (Å²) >= 11 is 0. The van der Waals surface area contributed by atoms with Crippen molar-refractivity contribution < 1.29 is 13.2 Å². The van der Waals surface area contributed by atoms with Gasteiger partial charge in [-0.3, -0.25) is 10.00 Å². The Morgan fingerprint density at radius 2 is 1.96 bits per heavy atom. The average molecular weight is 344 g/mol. The van der Waals surface area contributed by atoms with Crippen LogP contribution in [-0.4, -0.2) is 62.4 Å². The van der Waals surface area contributed by atoms with Crippen LogP contribution in [0.5, 0.6) is 0 Å². The lowest BCUT2D eigenvalue weighted by atomic mass is 10.0. The van der Waals surface area contributed by atoms with Crippen molar-refractivity contribution in [2.24, 2.45) is 5.92 Å². The van der Waals surface area contributed by atoms with E-state index in [-0.39, 0.29) is 10.9 Å². The van der Waals surface area contributed by atoms with E-state index in [4.69, 9.17) is 4.74 Å². The van der Waals surface area contributed by atoms with Crippen LogP contribution >= 0.6 is 0 Å². The Hall–Kier alpha value is -0.960. The van der Waals surface area contributed by atoms with E-state index in [1.807, 2.05) is 0 Å². The third kappa shape index (κ3) is 4.76. The number of rotatable bonds is 7. The number of nitrogens with one attached hydrogen (secondary N) is 2. The number of aromatic amines is 1. The topological polar surface area (TPSA) is 87.3 Å². The predicted molar refractivity (Wildman–Crippen MR) is 88.9 cm³/mol. The fourth-order valence-electron chi connectivity index (χ4n) is 3.06. The van der Waals surface area contributed by atoms with Crippen molar-refractivity contribution in [1.82, 2.24) is 19.8 Å². The first-order valence-corrected chi connectivity index (χ1v) is 9.62. The van der Waals surface area contributed by atoms with Crippen molar-refractivity contribution in [3.05, 3.63) is 11.4 Å². The number of ether oxygens (including phenoxy) is 1. The number of sulfonamides is 1. The Morgan fingerprint density at radius 1 is 1.30 bits per heavy atom. The summed E-state index contributed by atoms with van der Waals surface area (Å²) in [6.45, 7) is 11.3. The molecule has 0 aliphatic carbocycles. The molecule has 1 fully saturated rings. The number of morpholine rings is 1. The van der Waals surface area contributed by atoms with Crippen LogP contribution in [0.2, 0.25) is 0 Å². The lowest BCUT2D eigenvalue weighted by molar-refractivity contribution is 0.0134. The SMILES string of the molecule is Cc1n[nH]c(C)c1S(=O)(=O)NCC(CC(C)C)N1CCOCC1. The monoisotopic (exact) mass is 344 g/mol. The fourth-order valence-corrected chi connectivity index (χ4v) is 4.50. The number of nitrogens with zero attached hydrogens (tertiary/aromatic N) is 2. The normalized spacial score (nSPS) is 18.5. The van der Waals surface area contributed by atoms with E-state index in [2.05, 4.69) is 33.7 Å². The Bertz CT molecular complexity index is 587. The summed E-state index contributed by atoms with van der Waals surface area (Å²) in [5, 5.41) is 6.71. The van der Waals surface area contributed by atoms with Crippen molar-refractivity contribution in [1.29, 1.82) is 0 Å². The van der Waals surface area contributed by atoms with Gasteiger partial charge in [0.15, 0.2) is 0 Å². The summed E-state index contributed by atoms with van der Waals surface area (Å²) in [6.07, 6.45) is 0.950. The maximum absolute atomic E-state index is 12.6. The van der Waals surface area contributed by atoms with Gasteiger partial charge >= 0.3 is 0 Å². The molecule has 0 aromatic carbocycles. The Labute approximate surface area is 138 Å². The molecule has 1 aromatic heterocycles. The van der Waals surface area contributed by atoms with Crippen LogP contribution in [0.15, 0.2) is 4.90 Å². The summed E-state index contributed by atoms with van der Waals surface area (Å²) in [6, 6.07) is 0.182. The molecule has 1 aromatic rings. The quantitative estimate of drug-likeness (QED) is 0.772. The lowest BCUT2D eigenvalue weighted by Crippen LogP contribution is -2.49. The van der Waals surface area contributed by atoms with E-state index >= 15 is 0 Å². The highest BCUT2D eigenvalue weighted by Crippen LogP contribution is 2.18. The van der Waals surface area contributed by atoms with Crippen LogP contribution in [-0.2, 0) is 14.8 Å². The van der Waals surface area contributed by atoms with Gasteiger partial charge < -0.3 is 4.74 Å². The summed E-state index contributed by atoms with van der Waals surface area (Å²) in [5.41, 5.74) is 1.07. The van der Waals surface area contributed by atoms with Crippen molar-refractivity contribution in [2.75, 3.05) is 32.8 Å². The molecule has 1 aliphatic rings. The van der Waals surface area contributed by atoms with E-state index in [1.54, 1.807) is 13.8 Å². The van der Waals surface area contributed by atoms with Crippen LogP contribution in [0.4, 0.5) is 0 Å². The molecule has 132 valence electrons. The molecule has 1 atom stereocenters. The highest BCUT2D eigenvalue weighted by atomic mass is 32.2. The van der Waals surface area contributed by atoms with Crippen LogP contribution in [0.1, 0.15) is 31.7 Å². The van der Waals surface area contributed by atoms with Gasteiger partial charge in [-0.05, 0) is 26.2 Å². The molecule has 0 amide bonds. The second-order valence-corrected chi connectivity index (χ2v) is 8.25. The molecule has 0 saturated carbocycles. The molecule has 0 bridgehead atoms. The fraction of sp³-hybridized carbons (Fsp3) is 0.800. The number of hydrogen-bond acceptors (Lipinski definition) is 5. The van der Waals surface area contributed by atoms with Crippen LogP contribution in [0.3, 0.4) is 0 Å². The molecule has 2 heterocycles. The van der Waals surface area contributed by atoms with E-state index in [0.29, 0.717) is 37.1 Å². The molecule has 2 rings (SSSR count). The molecule has 1 aliphatic heterocycles. The van der Waals surface area contributed by atoms with Gasteiger partial charge in [-0.2, -0.15) is 5.10 Å². The van der Waals surface area contributed by atoms with Crippen molar-refractivity contribution in [3.8, 4) is 0 Å². The zero-order valence-electron chi connectivity index (χ0n) is 14.4.